The van der Waals surface area contributed by atoms with Gasteiger partial charge in [-0.1, -0.05) is 30.3 Å². The number of carbonyl (C=O) groups excluding carboxylic acids is 1. The summed E-state index contributed by atoms with van der Waals surface area (Å²) in [5, 5.41) is 0. The van der Waals surface area contributed by atoms with Crippen molar-refractivity contribution in [2.45, 2.75) is 6.92 Å². The molecule has 0 unspecified atom stereocenters. The summed E-state index contributed by atoms with van der Waals surface area (Å²) in [6.07, 6.45) is 1.73. The first-order chi connectivity index (χ1) is 7.09. The Labute approximate surface area is 88.3 Å². The molecule has 0 heterocycles. The minimum absolute atomic E-state index is 0.221. The third kappa shape index (κ3) is 3.64. The van der Waals surface area contributed by atoms with Crippen molar-refractivity contribution in [2.75, 3.05) is 0 Å². The Bertz CT molecular complexity index is 403. The van der Waals surface area contributed by atoms with Gasteiger partial charge in [0.1, 0.15) is 0 Å². The van der Waals surface area contributed by atoms with Crippen LogP contribution in [0.3, 0.4) is 0 Å². The topological polar surface area (TPSA) is 81.5 Å². The molecule has 0 aliphatic carbocycles. The molecule has 1 aromatic rings. The minimum Gasteiger partial charge on any atom is -0.370 e. The molecule has 0 fully saturated rings. The number of carbonyl (C=O) groups is 1. The molecule has 1 rings (SSSR count). The highest BCUT2D eigenvalue weighted by molar-refractivity contribution is 6.03. The lowest BCUT2D eigenvalue weighted by atomic mass is 10.1. The average molecular weight is 203 g/mol. The molecule has 0 aliphatic rings. The first kappa shape index (κ1) is 11.0. The van der Waals surface area contributed by atoms with E-state index in [4.69, 9.17) is 11.5 Å². The minimum atomic E-state index is -0.418. The molecule has 0 aliphatic heterocycles. The highest BCUT2D eigenvalue weighted by atomic mass is 16.1. The Hall–Kier alpha value is -2.10. The Balaban J connectivity index is 2.86. The fourth-order valence-electron chi connectivity index (χ4n) is 1.07. The number of rotatable bonds is 2. The maximum Gasteiger partial charge on any atom is 0.275 e. The molecule has 15 heavy (non-hydrogen) atoms. The molecular weight excluding hydrogens is 190 g/mol. The van der Waals surface area contributed by atoms with Crippen LogP contribution in [0.15, 0.2) is 40.9 Å². The number of nitrogens with two attached hydrogens (primary N) is 2. The van der Waals surface area contributed by atoms with Crippen molar-refractivity contribution in [3.63, 3.8) is 0 Å². The van der Waals surface area contributed by atoms with E-state index in [1.807, 2.05) is 30.3 Å². The van der Waals surface area contributed by atoms with E-state index >= 15 is 0 Å². The predicted octanol–water partition coefficient (Wildman–Crippen LogP) is 0.890. The molecule has 4 nitrogen and oxygen atoms in total. The number of hydrogen-bond donors (Lipinski definition) is 2. The standard InChI is InChI=1S/C11H13N3O/c1-8(10(15)14-11(12)13)7-9-5-3-2-4-6-9/h2-7H,1H3,(H4,12,13,14,15). The number of hydrogen-bond acceptors (Lipinski definition) is 1. The second kappa shape index (κ2) is 4.95. The Morgan fingerprint density at radius 3 is 2.40 bits per heavy atom. The number of benzene rings is 1. The van der Waals surface area contributed by atoms with Crippen LogP contribution in [0, 0.1) is 0 Å². The van der Waals surface area contributed by atoms with Gasteiger partial charge in [0.05, 0.1) is 0 Å². The van der Waals surface area contributed by atoms with Gasteiger partial charge >= 0.3 is 0 Å². The van der Waals surface area contributed by atoms with Crippen LogP contribution in [0.1, 0.15) is 12.5 Å². The molecule has 0 atom stereocenters. The summed E-state index contributed by atoms with van der Waals surface area (Å²) < 4.78 is 0. The molecule has 0 spiro atoms. The van der Waals surface area contributed by atoms with Gasteiger partial charge in [0.25, 0.3) is 5.91 Å². The van der Waals surface area contributed by atoms with Crippen LogP contribution in [-0.2, 0) is 4.79 Å². The zero-order valence-electron chi connectivity index (χ0n) is 8.47. The van der Waals surface area contributed by atoms with Crippen LogP contribution in [0.2, 0.25) is 0 Å². The van der Waals surface area contributed by atoms with Gasteiger partial charge in [-0.15, -0.1) is 0 Å². The Morgan fingerprint density at radius 2 is 1.87 bits per heavy atom. The maximum absolute atomic E-state index is 11.3. The van der Waals surface area contributed by atoms with Crippen LogP contribution in [0.4, 0.5) is 0 Å². The fourth-order valence-corrected chi connectivity index (χ4v) is 1.07. The first-order valence-corrected chi connectivity index (χ1v) is 4.47. The molecule has 0 bridgehead atoms. The first-order valence-electron chi connectivity index (χ1n) is 4.47. The summed E-state index contributed by atoms with van der Waals surface area (Å²) in [4.78, 5) is 14.8. The van der Waals surface area contributed by atoms with E-state index in [1.165, 1.54) is 0 Å². The van der Waals surface area contributed by atoms with Gasteiger partial charge in [0.15, 0.2) is 5.96 Å². The molecule has 1 aromatic carbocycles. The SMILES string of the molecule is CC(=Cc1ccccc1)C(=O)N=C(N)N. The largest absolute Gasteiger partial charge is 0.370 e. The second-order valence-corrected chi connectivity index (χ2v) is 3.08. The van der Waals surface area contributed by atoms with Crippen LogP contribution < -0.4 is 11.5 Å². The van der Waals surface area contributed by atoms with Crippen molar-refractivity contribution in [3.8, 4) is 0 Å². The molecule has 78 valence electrons. The summed E-state index contributed by atoms with van der Waals surface area (Å²) in [6.45, 7) is 1.67. The fraction of sp³-hybridized carbons (Fsp3) is 0.0909. The third-order valence-electron chi connectivity index (χ3n) is 1.75. The van der Waals surface area contributed by atoms with Gasteiger partial charge in [-0.05, 0) is 18.6 Å². The number of nitrogens with zero attached hydrogens (tertiary/aromatic N) is 1. The van der Waals surface area contributed by atoms with Gasteiger partial charge in [0, 0.05) is 5.57 Å². The van der Waals surface area contributed by atoms with Crippen molar-refractivity contribution >= 4 is 17.9 Å². The summed E-state index contributed by atoms with van der Waals surface area (Å²) in [7, 11) is 0. The van der Waals surface area contributed by atoms with Crippen LogP contribution >= 0.6 is 0 Å². The smallest absolute Gasteiger partial charge is 0.275 e. The Kier molecular flexibility index (Phi) is 3.62. The van der Waals surface area contributed by atoms with Gasteiger partial charge < -0.3 is 11.5 Å². The van der Waals surface area contributed by atoms with E-state index < -0.39 is 5.91 Å². The van der Waals surface area contributed by atoms with E-state index in [2.05, 4.69) is 4.99 Å². The van der Waals surface area contributed by atoms with Gasteiger partial charge in [-0.3, -0.25) is 4.79 Å². The molecule has 0 aromatic heterocycles. The van der Waals surface area contributed by atoms with Crippen molar-refractivity contribution in [3.05, 3.63) is 41.5 Å². The van der Waals surface area contributed by atoms with Crippen molar-refractivity contribution < 1.29 is 4.79 Å². The molecule has 0 saturated heterocycles. The summed E-state index contributed by atoms with van der Waals surface area (Å²) in [5.74, 6) is -0.639. The zero-order valence-corrected chi connectivity index (χ0v) is 8.47. The zero-order chi connectivity index (χ0) is 11.3. The second-order valence-electron chi connectivity index (χ2n) is 3.08. The van der Waals surface area contributed by atoms with Crippen molar-refractivity contribution in [1.29, 1.82) is 0 Å². The van der Waals surface area contributed by atoms with E-state index in [-0.39, 0.29) is 5.96 Å². The quantitative estimate of drug-likeness (QED) is 0.425. The molecular formula is C11H13N3O. The van der Waals surface area contributed by atoms with Crippen molar-refractivity contribution in [2.24, 2.45) is 16.5 Å². The molecule has 4 N–H and O–H groups in total. The van der Waals surface area contributed by atoms with Crippen LogP contribution in [0.5, 0.6) is 0 Å². The van der Waals surface area contributed by atoms with Gasteiger partial charge in [0.2, 0.25) is 0 Å². The van der Waals surface area contributed by atoms with Crippen LogP contribution in [-0.4, -0.2) is 11.9 Å². The maximum atomic E-state index is 11.3. The summed E-state index contributed by atoms with van der Waals surface area (Å²) in [5.41, 5.74) is 11.6. The Morgan fingerprint density at radius 1 is 1.27 bits per heavy atom. The monoisotopic (exact) mass is 203 g/mol. The molecule has 1 amide bonds. The lowest BCUT2D eigenvalue weighted by Gasteiger charge is -1.96. The van der Waals surface area contributed by atoms with E-state index in [9.17, 15) is 4.79 Å². The highest BCUT2D eigenvalue weighted by Gasteiger charge is 2.02. The normalized spacial score (nSPS) is 10.9. The summed E-state index contributed by atoms with van der Waals surface area (Å²) >= 11 is 0. The van der Waals surface area contributed by atoms with Gasteiger partial charge in [-0.25, -0.2) is 0 Å². The number of aliphatic imine (C=N–C) groups is 1. The molecule has 4 heteroatoms. The van der Waals surface area contributed by atoms with Crippen molar-refractivity contribution in [1.82, 2.24) is 0 Å². The lowest BCUT2D eigenvalue weighted by Crippen LogP contribution is -2.24. The lowest BCUT2D eigenvalue weighted by molar-refractivity contribution is -0.114. The molecule has 0 saturated carbocycles. The number of guanidine groups is 1. The van der Waals surface area contributed by atoms with E-state index in [0.717, 1.165) is 5.56 Å². The highest BCUT2D eigenvalue weighted by Crippen LogP contribution is 2.06. The van der Waals surface area contributed by atoms with E-state index in [0.29, 0.717) is 5.57 Å². The predicted molar refractivity (Wildman–Crippen MR) is 60.9 cm³/mol. The van der Waals surface area contributed by atoms with Crippen LogP contribution in [0.25, 0.3) is 6.08 Å². The summed E-state index contributed by atoms with van der Waals surface area (Å²) in [6, 6.07) is 9.48. The van der Waals surface area contributed by atoms with Gasteiger partial charge in [-0.2, -0.15) is 4.99 Å². The average Bonchev–Trinajstić information content (AvgIpc) is 2.18. The third-order valence-corrected chi connectivity index (χ3v) is 1.75. The molecule has 0 radical (unpaired) electrons. The number of amides is 1. The van der Waals surface area contributed by atoms with E-state index in [1.54, 1.807) is 13.0 Å².